The highest BCUT2D eigenvalue weighted by Gasteiger charge is 2.07. The van der Waals surface area contributed by atoms with E-state index in [-0.39, 0.29) is 0 Å². The van der Waals surface area contributed by atoms with E-state index in [1.54, 1.807) is 19.5 Å². The molecule has 0 bridgehead atoms. The second-order valence-electron chi connectivity index (χ2n) is 6.83. The van der Waals surface area contributed by atoms with Crippen LogP contribution in [-0.4, -0.2) is 22.1 Å². The van der Waals surface area contributed by atoms with E-state index >= 15 is 0 Å². The lowest BCUT2D eigenvalue weighted by Gasteiger charge is -2.11. The molecule has 30 heavy (non-hydrogen) atoms. The average molecular weight is 393 g/mol. The van der Waals surface area contributed by atoms with Gasteiger partial charge < -0.3 is 15.4 Å². The number of para-hydroxylation sites is 1. The quantitative estimate of drug-likeness (QED) is 0.401. The first-order valence-corrected chi connectivity index (χ1v) is 9.57. The van der Waals surface area contributed by atoms with Gasteiger partial charge in [0.2, 0.25) is 5.95 Å². The Hall–Kier alpha value is -4.19. The molecule has 0 unspecified atom stereocenters. The monoisotopic (exact) mass is 393 g/mol. The van der Waals surface area contributed by atoms with E-state index < -0.39 is 0 Å². The molecule has 0 fully saturated rings. The number of nitrogens with zero attached hydrogens (tertiary/aromatic N) is 3. The normalized spacial score (nSPS) is 10.8. The van der Waals surface area contributed by atoms with E-state index in [0.717, 1.165) is 38.8 Å². The number of anilines is 4. The summed E-state index contributed by atoms with van der Waals surface area (Å²) < 4.78 is 5.54. The van der Waals surface area contributed by atoms with Gasteiger partial charge in [-0.15, -0.1) is 0 Å². The van der Waals surface area contributed by atoms with Gasteiger partial charge in [0.15, 0.2) is 0 Å². The maximum atomic E-state index is 5.54. The molecule has 146 valence electrons. The second-order valence-corrected chi connectivity index (χ2v) is 6.83. The largest absolute Gasteiger partial charge is 0.496 e. The molecule has 6 heteroatoms. The van der Waals surface area contributed by atoms with Crippen LogP contribution in [0.1, 0.15) is 0 Å². The molecule has 6 nitrogen and oxygen atoms in total. The van der Waals surface area contributed by atoms with Crippen LogP contribution in [0.2, 0.25) is 0 Å². The predicted molar refractivity (Wildman–Crippen MR) is 121 cm³/mol. The zero-order valence-corrected chi connectivity index (χ0v) is 16.3. The maximum absolute atomic E-state index is 5.54. The van der Waals surface area contributed by atoms with Crippen molar-refractivity contribution in [1.82, 2.24) is 15.0 Å². The van der Waals surface area contributed by atoms with Crippen LogP contribution < -0.4 is 15.4 Å². The summed E-state index contributed by atoms with van der Waals surface area (Å²) >= 11 is 0. The van der Waals surface area contributed by atoms with E-state index in [9.17, 15) is 0 Å². The van der Waals surface area contributed by atoms with Crippen molar-refractivity contribution in [2.45, 2.75) is 0 Å². The highest BCUT2D eigenvalue weighted by molar-refractivity contribution is 5.92. The van der Waals surface area contributed by atoms with Crippen molar-refractivity contribution < 1.29 is 4.74 Å². The molecule has 5 rings (SSSR count). The number of aromatic nitrogens is 3. The molecule has 0 aliphatic carbocycles. The molecule has 2 N–H and O–H groups in total. The highest BCUT2D eigenvalue weighted by atomic mass is 16.5. The Balaban J connectivity index is 1.41. The minimum Gasteiger partial charge on any atom is -0.496 e. The first-order chi connectivity index (χ1) is 14.8. The molecule has 0 saturated heterocycles. The molecule has 2 aromatic heterocycles. The smallest absolute Gasteiger partial charge is 0.229 e. The Kier molecular flexibility index (Phi) is 4.57. The fourth-order valence-corrected chi connectivity index (χ4v) is 3.42. The minimum absolute atomic E-state index is 0.492. The van der Waals surface area contributed by atoms with Crippen molar-refractivity contribution in [2.75, 3.05) is 17.7 Å². The van der Waals surface area contributed by atoms with Gasteiger partial charge in [0.25, 0.3) is 0 Å². The third-order valence-corrected chi connectivity index (χ3v) is 4.82. The van der Waals surface area contributed by atoms with E-state index in [0.29, 0.717) is 11.8 Å². The van der Waals surface area contributed by atoms with Crippen LogP contribution in [0.4, 0.5) is 23.1 Å². The van der Waals surface area contributed by atoms with Gasteiger partial charge in [0, 0.05) is 28.7 Å². The van der Waals surface area contributed by atoms with Crippen molar-refractivity contribution in [3.05, 3.63) is 85.2 Å². The molecular formula is C24H19N5O. The first-order valence-electron chi connectivity index (χ1n) is 9.57. The number of nitrogens with one attached hydrogen (secondary N) is 2. The fraction of sp³-hybridized carbons (Fsp3) is 0.0417. The molecule has 0 aliphatic rings. The van der Waals surface area contributed by atoms with Gasteiger partial charge in [-0.3, -0.25) is 4.98 Å². The SMILES string of the molecule is COc1cc(Nc2nccc(Nc3cnc4ccccc4c3)n2)cc2ccccc12. The summed E-state index contributed by atoms with van der Waals surface area (Å²) in [5.74, 6) is 1.97. The number of pyridine rings is 1. The Morgan fingerprint density at radius 3 is 2.47 bits per heavy atom. The lowest BCUT2D eigenvalue weighted by molar-refractivity contribution is 0.420. The fourth-order valence-electron chi connectivity index (χ4n) is 3.42. The van der Waals surface area contributed by atoms with Crippen LogP contribution in [0.25, 0.3) is 21.7 Å². The van der Waals surface area contributed by atoms with Gasteiger partial charge in [-0.25, -0.2) is 4.98 Å². The van der Waals surface area contributed by atoms with Gasteiger partial charge in [-0.05, 0) is 29.7 Å². The van der Waals surface area contributed by atoms with Crippen LogP contribution in [0.15, 0.2) is 85.2 Å². The molecule has 3 aromatic carbocycles. The average Bonchev–Trinajstić information content (AvgIpc) is 2.78. The van der Waals surface area contributed by atoms with Crippen LogP contribution in [0, 0.1) is 0 Å². The van der Waals surface area contributed by atoms with E-state index in [2.05, 4.69) is 37.7 Å². The second kappa shape index (κ2) is 7.67. The standard InChI is InChI=1S/C24H19N5O/c1-30-22-14-18(12-16-6-2-4-8-20(16)22)28-24-25-11-10-23(29-24)27-19-13-17-7-3-5-9-21(17)26-15-19/h2-15H,1H3,(H2,25,27,28,29). The molecule has 5 aromatic rings. The number of hydrogen-bond donors (Lipinski definition) is 2. The Bertz CT molecular complexity index is 1350. The summed E-state index contributed by atoms with van der Waals surface area (Å²) in [4.78, 5) is 13.4. The predicted octanol–water partition coefficient (Wildman–Crippen LogP) is 5.67. The van der Waals surface area contributed by atoms with Crippen LogP contribution >= 0.6 is 0 Å². The number of hydrogen-bond acceptors (Lipinski definition) is 6. The van der Waals surface area contributed by atoms with E-state index in [1.807, 2.05) is 60.7 Å². The lowest BCUT2D eigenvalue weighted by Crippen LogP contribution is -2.01. The zero-order chi connectivity index (χ0) is 20.3. The Labute approximate surface area is 173 Å². The Morgan fingerprint density at radius 1 is 0.767 bits per heavy atom. The van der Waals surface area contributed by atoms with Gasteiger partial charge in [-0.1, -0.05) is 42.5 Å². The summed E-state index contributed by atoms with van der Waals surface area (Å²) in [6, 6.07) is 24.0. The third kappa shape index (κ3) is 3.58. The van der Waals surface area contributed by atoms with Crippen LogP contribution in [0.5, 0.6) is 5.75 Å². The first kappa shape index (κ1) is 17.9. The van der Waals surface area contributed by atoms with Crippen molar-refractivity contribution in [3.8, 4) is 5.75 Å². The topological polar surface area (TPSA) is 72.0 Å². The maximum Gasteiger partial charge on any atom is 0.229 e. The van der Waals surface area contributed by atoms with Crippen LogP contribution in [-0.2, 0) is 0 Å². The van der Waals surface area contributed by atoms with Gasteiger partial charge in [0.1, 0.15) is 11.6 Å². The van der Waals surface area contributed by atoms with Gasteiger partial charge in [-0.2, -0.15) is 4.98 Å². The van der Waals surface area contributed by atoms with Crippen LogP contribution in [0.3, 0.4) is 0 Å². The molecular weight excluding hydrogens is 374 g/mol. The van der Waals surface area contributed by atoms with Crippen molar-refractivity contribution in [3.63, 3.8) is 0 Å². The number of benzene rings is 3. The summed E-state index contributed by atoms with van der Waals surface area (Å²) in [5.41, 5.74) is 2.68. The summed E-state index contributed by atoms with van der Waals surface area (Å²) in [5, 5.41) is 9.77. The van der Waals surface area contributed by atoms with E-state index in [1.165, 1.54) is 0 Å². The van der Waals surface area contributed by atoms with Gasteiger partial charge >= 0.3 is 0 Å². The van der Waals surface area contributed by atoms with Gasteiger partial charge in [0.05, 0.1) is 24.5 Å². The van der Waals surface area contributed by atoms with Crippen molar-refractivity contribution in [2.24, 2.45) is 0 Å². The minimum atomic E-state index is 0.492. The molecule has 0 radical (unpaired) electrons. The van der Waals surface area contributed by atoms with Crippen molar-refractivity contribution >= 4 is 44.8 Å². The Morgan fingerprint density at radius 2 is 1.57 bits per heavy atom. The number of rotatable bonds is 5. The number of methoxy groups -OCH3 is 1. The number of fused-ring (bicyclic) bond motifs is 2. The van der Waals surface area contributed by atoms with E-state index in [4.69, 9.17) is 4.74 Å². The molecule has 0 spiro atoms. The summed E-state index contributed by atoms with van der Waals surface area (Å²) in [6.07, 6.45) is 3.51. The molecule has 2 heterocycles. The molecule has 0 aliphatic heterocycles. The summed E-state index contributed by atoms with van der Waals surface area (Å²) in [6.45, 7) is 0. The highest BCUT2D eigenvalue weighted by Crippen LogP contribution is 2.31. The number of ether oxygens (including phenoxy) is 1. The molecule has 0 amide bonds. The summed E-state index contributed by atoms with van der Waals surface area (Å²) in [7, 11) is 1.67. The van der Waals surface area contributed by atoms with Crippen molar-refractivity contribution in [1.29, 1.82) is 0 Å². The third-order valence-electron chi connectivity index (χ3n) is 4.82. The molecule has 0 saturated carbocycles. The zero-order valence-electron chi connectivity index (χ0n) is 16.3. The lowest BCUT2D eigenvalue weighted by atomic mass is 10.1. The molecule has 0 atom stereocenters.